The molecule has 0 spiro atoms. The van der Waals surface area contributed by atoms with Gasteiger partial charge in [0.25, 0.3) is 0 Å². The summed E-state index contributed by atoms with van der Waals surface area (Å²) in [6, 6.07) is 14.6. The molecule has 0 bridgehead atoms. The highest BCUT2D eigenvalue weighted by molar-refractivity contribution is 14.0. The second kappa shape index (κ2) is 8.16. The number of aliphatic imine (C=N–C) groups is 1. The monoisotopic (exact) mass is 478 g/mol. The zero-order chi connectivity index (χ0) is 18.1. The van der Waals surface area contributed by atoms with E-state index in [-0.39, 0.29) is 24.0 Å². The van der Waals surface area contributed by atoms with Crippen molar-refractivity contribution in [3.63, 3.8) is 0 Å². The van der Waals surface area contributed by atoms with Crippen LogP contribution < -0.4 is 10.5 Å². The van der Waals surface area contributed by atoms with Crippen molar-refractivity contribution in [2.75, 3.05) is 14.2 Å². The second-order valence-electron chi connectivity index (χ2n) is 6.56. The predicted molar refractivity (Wildman–Crippen MR) is 118 cm³/mol. The van der Waals surface area contributed by atoms with Gasteiger partial charge in [0.15, 0.2) is 11.7 Å². The van der Waals surface area contributed by atoms with Crippen LogP contribution in [0.25, 0.3) is 22.0 Å². The lowest BCUT2D eigenvalue weighted by molar-refractivity contribution is 0.384. The molecule has 1 aliphatic rings. The molecule has 2 N–H and O–H groups in total. The summed E-state index contributed by atoms with van der Waals surface area (Å²) in [7, 11) is 3.64. The number of ether oxygens (including phenoxy) is 1. The maximum Gasteiger partial charge on any atom is 0.191 e. The summed E-state index contributed by atoms with van der Waals surface area (Å²) in [4.78, 5) is 6.44. The number of hydrogen-bond donors (Lipinski definition) is 1. The van der Waals surface area contributed by atoms with Crippen LogP contribution in [0.15, 0.2) is 52.0 Å². The summed E-state index contributed by atoms with van der Waals surface area (Å²) in [5.74, 6) is 1.97. The van der Waals surface area contributed by atoms with Gasteiger partial charge < -0.3 is 19.9 Å². The Labute approximate surface area is 175 Å². The zero-order valence-corrected chi connectivity index (χ0v) is 17.7. The fourth-order valence-electron chi connectivity index (χ4n) is 3.11. The first kappa shape index (κ1) is 19.5. The fourth-order valence-corrected chi connectivity index (χ4v) is 3.11. The molecule has 1 aliphatic carbocycles. The van der Waals surface area contributed by atoms with Gasteiger partial charge in [-0.1, -0.05) is 35.5 Å². The van der Waals surface area contributed by atoms with Gasteiger partial charge in [-0.2, -0.15) is 0 Å². The smallest absolute Gasteiger partial charge is 0.191 e. The van der Waals surface area contributed by atoms with Crippen molar-refractivity contribution < 1.29 is 9.26 Å². The lowest BCUT2D eigenvalue weighted by Gasteiger charge is -2.16. The normalized spacial score (nSPS) is 14.1. The Balaban J connectivity index is 0.00000210. The molecule has 7 heteroatoms. The van der Waals surface area contributed by atoms with E-state index < -0.39 is 0 Å². The van der Waals surface area contributed by atoms with Crippen molar-refractivity contribution in [3.05, 3.63) is 48.2 Å². The molecule has 27 heavy (non-hydrogen) atoms. The molecule has 2 aromatic carbocycles. The number of methoxy groups -OCH3 is 1. The number of nitrogens with two attached hydrogens (primary N) is 1. The number of hydrogen-bond acceptors (Lipinski definition) is 4. The van der Waals surface area contributed by atoms with Crippen LogP contribution in [-0.2, 0) is 6.54 Å². The van der Waals surface area contributed by atoms with Crippen LogP contribution in [0.4, 0.5) is 0 Å². The summed E-state index contributed by atoms with van der Waals surface area (Å²) in [5.41, 5.74) is 7.70. The number of nitrogens with zero attached hydrogens (tertiary/aromatic N) is 3. The van der Waals surface area contributed by atoms with E-state index in [1.165, 1.54) is 12.8 Å². The number of halogens is 1. The average Bonchev–Trinajstić information content (AvgIpc) is 3.43. The molecule has 1 fully saturated rings. The molecule has 0 saturated heterocycles. The van der Waals surface area contributed by atoms with Crippen LogP contribution in [0.2, 0.25) is 0 Å². The van der Waals surface area contributed by atoms with E-state index in [9.17, 15) is 0 Å². The molecular weight excluding hydrogens is 455 g/mol. The van der Waals surface area contributed by atoms with Gasteiger partial charge in [0.1, 0.15) is 18.0 Å². The van der Waals surface area contributed by atoms with E-state index in [0.717, 1.165) is 27.8 Å². The molecule has 0 radical (unpaired) electrons. The number of guanidine groups is 1. The van der Waals surface area contributed by atoms with Gasteiger partial charge in [0, 0.05) is 19.2 Å². The molecule has 0 amide bonds. The highest BCUT2D eigenvalue weighted by atomic mass is 127. The van der Waals surface area contributed by atoms with Crippen molar-refractivity contribution in [1.29, 1.82) is 0 Å². The summed E-state index contributed by atoms with van der Waals surface area (Å²) in [5, 5.41) is 6.44. The third-order valence-electron chi connectivity index (χ3n) is 4.78. The van der Waals surface area contributed by atoms with Gasteiger partial charge in [-0.05, 0) is 29.7 Å². The maximum atomic E-state index is 6.04. The van der Waals surface area contributed by atoms with E-state index in [1.54, 1.807) is 7.11 Å². The first-order valence-electron chi connectivity index (χ1n) is 8.72. The average molecular weight is 478 g/mol. The van der Waals surface area contributed by atoms with Crippen LogP contribution in [0.3, 0.4) is 0 Å². The predicted octanol–water partition coefficient (Wildman–Crippen LogP) is 4.03. The van der Waals surface area contributed by atoms with Crippen molar-refractivity contribution in [2.24, 2.45) is 10.7 Å². The van der Waals surface area contributed by atoms with Crippen molar-refractivity contribution in [3.8, 4) is 17.0 Å². The van der Waals surface area contributed by atoms with Crippen LogP contribution in [0, 0.1) is 0 Å². The second-order valence-corrected chi connectivity index (χ2v) is 6.56. The quantitative estimate of drug-likeness (QED) is 0.341. The standard InChI is InChI=1S/C20H22N4O2.HI/c1-24(14-8-9-14)20(21)22-12-15-11-17(23-26-15)19-16-6-4-3-5-13(16)7-10-18(19)25-2;/h3-7,10-11,14H,8-9,12H2,1-2H3,(H2,21,22);1H. The molecule has 1 aromatic heterocycles. The van der Waals surface area contributed by atoms with Crippen molar-refractivity contribution in [2.45, 2.75) is 25.4 Å². The Kier molecular flexibility index (Phi) is 5.88. The minimum Gasteiger partial charge on any atom is -0.496 e. The minimum atomic E-state index is 0. The summed E-state index contributed by atoms with van der Waals surface area (Å²) < 4.78 is 11.0. The van der Waals surface area contributed by atoms with Gasteiger partial charge >= 0.3 is 0 Å². The van der Waals surface area contributed by atoms with E-state index >= 15 is 0 Å². The molecule has 142 valence electrons. The first-order chi connectivity index (χ1) is 12.7. The molecule has 1 heterocycles. The van der Waals surface area contributed by atoms with Crippen LogP contribution in [0.1, 0.15) is 18.6 Å². The van der Waals surface area contributed by atoms with E-state index in [1.807, 2.05) is 42.3 Å². The van der Waals surface area contributed by atoms with Crippen molar-refractivity contribution in [1.82, 2.24) is 10.1 Å². The summed E-state index contributed by atoms with van der Waals surface area (Å²) in [6.45, 7) is 0.364. The Morgan fingerprint density at radius 1 is 1.30 bits per heavy atom. The van der Waals surface area contributed by atoms with Crippen LogP contribution >= 0.6 is 24.0 Å². The number of fused-ring (bicyclic) bond motifs is 1. The topological polar surface area (TPSA) is 76.9 Å². The Morgan fingerprint density at radius 3 is 2.81 bits per heavy atom. The summed E-state index contributed by atoms with van der Waals surface area (Å²) in [6.07, 6.45) is 2.36. The molecule has 1 saturated carbocycles. The lowest BCUT2D eigenvalue weighted by atomic mass is 10.0. The van der Waals surface area contributed by atoms with Gasteiger partial charge in [-0.25, -0.2) is 4.99 Å². The Hall–Kier alpha value is -2.29. The molecule has 0 atom stereocenters. The van der Waals surface area contributed by atoms with E-state index in [2.05, 4.69) is 22.3 Å². The van der Waals surface area contributed by atoms with Gasteiger partial charge in [0.2, 0.25) is 0 Å². The summed E-state index contributed by atoms with van der Waals surface area (Å²) >= 11 is 0. The number of rotatable bonds is 5. The zero-order valence-electron chi connectivity index (χ0n) is 15.4. The van der Waals surface area contributed by atoms with Gasteiger partial charge in [0.05, 0.1) is 12.7 Å². The number of benzene rings is 2. The maximum absolute atomic E-state index is 6.04. The minimum absolute atomic E-state index is 0. The Bertz CT molecular complexity index is 966. The fraction of sp³-hybridized carbons (Fsp3) is 0.300. The van der Waals surface area contributed by atoms with Gasteiger partial charge in [-0.3, -0.25) is 0 Å². The van der Waals surface area contributed by atoms with Gasteiger partial charge in [-0.15, -0.1) is 24.0 Å². The molecular formula is C20H23IN4O2. The molecule has 0 unspecified atom stereocenters. The Morgan fingerprint density at radius 2 is 2.07 bits per heavy atom. The highest BCUT2D eigenvalue weighted by Gasteiger charge is 2.27. The first-order valence-corrected chi connectivity index (χ1v) is 8.72. The third kappa shape index (κ3) is 4.02. The largest absolute Gasteiger partial charge is 0.496 e. The molecule has 3 aromatic rings. The highest BCUT2D eigenvalue weighted by Crippen LogP contribution is 2.36. The third-order valence-corrected chi connectivity index (χ3v) is 4.78. The van der Waals surface area contributed by atoms with E-state index in [0.29, 0.717) is 24.3 Å². The van der Waals surface area contributed by atoms with Crippen LogP contribution in [-0.4, -0.2) is 36.2 Å². The number of aromatic nitrogens is 1. The van der Waals surface area contributed by atoms with Crippen LogP contribution in [0.5, 0.6) is 5.75 Å². The van der Waals surface area contributed by atoms with Crippen molar-refractivity contribution >= 4 is 40.7 Å². The lowest BCUT2D eigenvalue weighted by Crippen LogP contribution is -2.35. The molecule has 0 aliphatic heterocycles. The SMILES string of the molecule is COc1ccc2ccccc2c1-c1cc(CN=C(N)N(C)C2CC2)on1.I. The molecule has 4 rings (SSSR count). The van der Waals surface area contributed by atoms with E-state index in [4.69, 9.17) is 15.0 Å². The molecule has 6 nitrogen and oxygen atoms in total.